The van der Waals surface area contributed by atoms with Crippen molar-refractivity contribution >= 4 is 27.7 Å². The van der Waals surface area contributed by atoms with E-state index in [1.807, 2.05) is 13.0 Å². The number of sulfonamides is 1. The van der Waals surface area contributed by atoms with Gasteiger partial charge in [-0.3, -0.25) is 4.79 Å². The van der Waals surface area contributed by atoms with Crippen molar-refractivity contribution in [3.05, 3.63) is 53.6 Å². The molecule has 0 heterocycles. The first-order valence-corrected chi connectivity index (χ1v) is 11.3. The minimum absolute atomic E-state index is 0.0775. The van der Waals surface area contributed by atoms with E-state index in [0.717, 1.165) is 12.8 Å². The first-order chi connectivity index (χ1) is 14.8. The molecule has 0 bridgehead atoms. The molecular formula is C22H25N3O5S. The molecule has 0 radical (unpaired) electrons. The number of benzene rings is 2. The molecule has 164 valence electrons. The summed E-state index contributed by atoms with van der Waals surface area (Å²) in [5.74, 6) is 0.501. The van der Waals surface area contributed by atoms with Crippen molar-refractivity contribution in [1.29, 1.82) is 5.26 Å². The standard InChI is InChI=1S/C22H25N3O5S/c1-3-5-12-30-20-11-6-16(14-21(20)29-4-2)13-17(15-23)22(26)25-18-7-9-19(10-8-18)31(24,27)28/h6-11,13-14H,3-5,12H2,1-2H3,(H,25,26)(H2,24,27,28)/b17-13+. The second-order valence-electron chi connectivity index (χ2n) is 6.53. The highest BCUT2D eigenvalue weighted by atomic mass is 32.2. The predicted octanol–water partition coefficient (Wildman–Crippen LogP) is 3.46. The van der Waals surface area contributed by atoms with Crippen molar-refractivity contribution in [2.24, 2.45) is 5.14 Å². The molecule has 0 aliphatic carbocycles. The molecule has 0 atom stereocenters. The van der Waals surface area contributed by atoms with Crippen molar-refractivity contribution in [3.8, 4) is 17.6 Å². The highest BCUT2D eigenvalue weighted by Crippen LogP contribution is 2.29. The fourth-order valence-electron chi connectivity index (χ4n) is 2.57. The number of anilines is 1. The van der Waals surface area contributed by atoms with Gasteiger partial charge in [0.25, 0.3) is 5.91 Å². The third-order valence-corrected chi connectivity index (χ3v) is 5.07. The van der Waals surface area contributed by atoms with Gasteiger partial charge in [-0.25, -0.2) is 13.6 Å². The summed E-state index contributed by atoms with van der Waals surface area (Å²) < 4.78 is 34.0. The minimum Gasteiger partial charge on any atom is -0.490 e. The topological polar surface area (TPSA) is 132 Å². The molecule has 0 saturated carbocycles. The molecule has 0 aliphatic rings. The van der Waals surface area contributed by atoms with Gasteiger partial charge in [0.05, 0.1) is 18.1 Å². The van der Waals surface area contributed by atoms with Gasteiger partial charge in [0.15, 0.2) is 11.5 Å². The maximum absolute atomic E-state index is 12.5. The van der Waals surface area contributed by atoms with Crippen LogP contribution in [-0.2, 0) is 14.8 Å². The zero-order valence-corrected chi connectivity index (χ0v) is 18.2. The van der Waals surface area contributed by atoms with Gasteiger partial charge in [0, 0.05) is 5.69 Å². The van der Waals surface area contributed by atoms with Crippen molar-refractivity contribution in [2.45, 2.75) is 31.6 Å². The molecule has 8 nitrogen and oxygen atoms in total. The van der Waals surface area contributed by atoms with Crippen LogP contribution >= 0.6 is 0 Å². The van der Waals surface area contributed by atoms with Crippen LogP contribution in [0.5, 0.6) is 11.5 Å². The van der Waals surface area contributed by atoms with E-state index in [9.17, 15) is 18.5 Å². The number of amides is 1. The zero-order valence-electron chi connectivity index (χ0n) is 17.4. The third kappa shape index (κ3) is 7.13. The molecule has 3 N–H and O–H groups in total. The molecule has 1 amide bonds. The Labute approximate surface area is 182 Å². The second kappa shape index (κ2) is 11.2. The maximum Gasteiger partial charge on any atom is 0.266 e. The quantitative estimate of drug-likeness (QED) is 0.328. The summed E-state index contributed by atoms with van der Waals surface area (Å²) in [7, 11) is -3.83. The van der Waals surface area contributed by atoms with E-state index in [1.165, 1.54) is 30.3 Å². The molecule has 31 heavy (non-hydrogen) atoms. The van der Waals surface area contributed by atoms with Crippen LogP contribution in [0.25, 0.3) is 6.08 Å². The highest BCUT2D eigenvalue weighted by Gasteiger charge is 2.13. The number of hydrogen-bond acceptors (Lipinski definition) is 6. The Bertz CT molecular complexity index is 1090. The third-order valence-electron chi connectivity index (χ3n) is 4.14. The summed E-state index contributed by atoms with van der Waals surface area (Å²) in [6, 6.07) is 12.4. The molecule has 2 aromatic rings. The number of carbonyl (C=O) groups excluding carboxylic acids is 1. The van der Waals surface area contributed by atoms with Crippen molar-refractivity contribution in [3.63, 3.8) is 0 Å². The minimum atomic E-state index is -3.83. The lowest BCUT2D eigenvalue weighted by molar-refractivity contribution is -0.112. The number of rotatable bonds is 10. The highest BCUT2D eigenvalue weighted by molar-refractivity contribution is 7.89. The van der Waals surface area contributed by atoms with Crippen LogP contribution in [0, 0.1) is 11.3 Å². The summed E-state index contributed by atoms with van der Waals surface area (Å²) in [5.41, 5.74) is 0.799. The fraction of sp³-hybridized carbons (Fsp3) is 0.273. The van der Waals surface area contributed by atoms with Crippen molar-refractivity contribution in [1.82, 2.24) is 0 Å². The Hall–Kier alpha value is -3.35. The van der Waals surface area contributed by atoms with Crippen LogP contribution in [0.3, 0.4) is 0 Å². The number of nitrogens with zero attached hydrogens (tertiary/aromatic N) is 1. The lowest BCUT2D eigenvalue weighted by atomic mass is 10.1. The van der Waals surface area contributed by atoms with E-state index in [1.54, 1.807) is 18.2 Å². The van der Waals surface area contributed by atoms with Crippen LogP contribution in [0.1, 0.15) is 32.3 Å². The first kappa shape index (κ1) is 23.9. The van der Waals surface area contributed by atoms with Crippen LogP contribution in [0.2, 0.25) is 0 Å². The number of primary sulfonamides is 1. The Morgan fingerprint density at radius 3 is 2.42 bits per heavy atom. The molecule has 2 aromatic carbocycles. The number of nitrogens with two attached hydrogens (primary N) is 1. The molecular weight excluding hydrogens is 418 g/mol. The van der Waals surface area contributed by atoms with Crippen molar-refractivity contribution in [2.75, 3.05) is 18.5 Å². The van der Waals surface area contributed by atoms with E-state index in [-0.39, 0.29) is 10.5 Å². The smallest absolute Gasteiger partial charge is 0.266 e. The van der Waals surface area contributed by atoms with E-state index < -0.39 is 15.9 Å². The molecule has 0 fully saturated rings. The summed E-state index contributed by atoms with van der Waals surface area (Å²) >= 11 is 0. The number of unbranched alkanes of at least 4 members (excludes halogenated alkanes) is 1. The van der Waals surface area contributed by atoms with Gasteiger partial charge in [-0.1, -0.05) is 19.4 Å². The maximum atomic E-state index is 12.5. The molecule has 0 aliphatic heterocycles. The van der Waals surface area contributed by atoms with E-state index in [0.29, 0.717) is 36.0 Å². The van der Waals surface area contributed by atoms with Crippen LogP contribution in [0.4, 0.5) is 5.69 Å². The van der Waals surface area contributed by atoms with Gasteiger partial charge >= 0.3 is 0 Å². The largest absolute Gasteiger partial charge is 0.490 e. The van der Waals surface area contributed by atoms with E-state index >= 15 is 0 Å². The van der Waals surface area contributed by atoms with Gasteiger partial charge in [-0.15, -0.1) is 0 Å². The van der Waals surface area contributed by atoms with E-state index in [4.69, 9.17) is 14.6 Å². The number of hydrogen-bond donors (Lipinski definition) is 2. The van der Waals surface area contributed by atoms with E-state index in [2.05, 4.69) is 12.2 Å². The zero-order chi connectivity index (χ0) is 22.9. The molecule has 2 rings (SSSR count). The summed E-state index contributed by atoms with van der Waals surface area (Å²) in [6.07, 6.45) is 3.37. The lowest BCUT2D eigenvalue weighted by Gasteiger charge is -2.12. The SMILES string of the molecule is CCCCOc1ccc(/C=C(\C#N)C(=O)Nc2ccc(S(N)(=O)=O)cc2)cc1OCC. The fourth-order valence-corrected chi connectivity index (χ4v) is 3.09. The van der Waals surface area contributed by atoms with Crippen molar-refractivity contribution < 1.29 is 22.7 Å². The van der Waals surface area contributed by atoms with Crippen LogP contribution in [-0.4, -0.2) is 27.5 Å². The van der Waals surface area contributed by atoms with Gasteiger partial charge in [-0.05, 0) is 61.4 Å². The molecule has 0 aromatic heterocycles. The Balaban J connectivity index is 2.20. The predicted molar refractivity (Wildman–Crippen MR) is 118 cm³/mol. The lowest BCUT2D eigenvalue weighted by Crippen LogP contribution is -2.14. The summed E-state index contributed by atoms with van der Waals surface area (Å²) in [6.45, 7) is 4.94. The van der Waals surface area contributed by atoms with Gasteiger partial charge < -0.3 is 14.8 Å². The molecule has 0 spiro atoms. The number of nitrogens with one attached hydrogen (secondary N) is 1. The average molecular weight is 444 g/mol. The first-order valence-electron chi connectivity index (χ1n) is 9.74. The number of ether oxygens (including phenoxy) is 2. The Kier molecular flexibility index (Phi) is 8.61. The summed E-state index contributed by atoms with van der Waals surface area (Å²) in [5, 5.41) is 17.0. The van der Waals surface area contributed by atoms with Gasteiger partial charge in [-0.2, -0.15) is 5.26 Å². The Morgan fingerprint density at radius 1 is 1.13 bits per heavy atom. The molecule has 0 saturated heterocycles. The average Bonchev–Trinajstić information content (AvgIpc) is 2.73. The molecule has 0 unspecified atom stereocenters. The second-order valence-corrected chi connectivity index (χ2v) is 8.10. The van der Waals surface area contributed by atoms with Gasteiger partial charge in [0.2, 0.25) is 10.0 Å². The molecule has 9 heteroatoms. The normalized spacial score (nSPS) is 11.5. The van der Waals surface area contributed by atoms with Crippen LogP contribution < -0.4 is 19.9 Å². The monoisotopic (exact) mass is 443 g/mol. The summed E-state index contributed by atoms with van der Waals surface area (Å²) in [4.78, 5) is 12.4. The number of nitriles is 1. The Morgan fingerprint density at radius 2 is 1.84 bits per heavy atom. The van der Waals surface area contributed by atoms with Crippen LogP contribution in [0.15, 0.2) is 52.9 Å². The number of carbonyl (C=O) groups is 1. The van der Waals surface area contributed by atoms with Gasteiger partial charge in [0.1, 0.15) is 11.6 Å².